The fourth-order valence-corrected chi connectivity index (χ4v) is 3.16. The van der Waals surface area contributed by atoms with Crippen LogP contribution >= 0.6 is 24.0 Å². The third kappa shape index (κ3) is 8.29. The number of hydrogen-bond acceptors (Lipinski definition) is 3. The Balaban J connectivity index is 0.00000529. The maximum absolute atomic E-state index is 11.5. The van der Waals surface area contributed by atoms with E-state index in [1.165, 1.54) is 21.7 Å². The van der Waals surface area contributed by atoms with Gasteiger partial charge in [-0.25, -0.2) is 12.7 Å². The van der Waals surface area contributed by atoms with E-state index in [0.29, 0.717) is 26.2 Å². The van der Waals surface area contributed by atoms with Crippen LogP contribution in [0.5, 0.6) is 0 Å². The number of aryl methyl sites for hydroxylation is 1. The first-order valence-electron chi connectivity index (χ1n) is 7.82. The van der Waals surface area contributed by atoms with Crippen LogP contribution < -0.4 is 10.6 Å². The summed E-state index contributed by atoms with van der Waals surface area (Å²) in [6, 6.07) is 8.20. The Kier molecular flexibility index (Phi) is 11.2. The predicted octanol–water partition coefficient (Wildman–Crippen LogP) is 1.95. The van der Waals surface area contributed by atoms with Crippen molar-refractivity contribution in [2.45, 2.75) is 26.8 Å². The van der Waals surface area contributed by atoms with Crippen LogP contribution in [0.2, 0.25) is 0 Å². The van der Waals surface area contributed by atoms with Crippen LogP contribution in [0.4, 0.5) is 0 Å². The topological polar surface area (TPSA) is 73.8 Å². The molecule has 6 nitrogen and oxygen atoms in total. The number of guanidine groups is 1. The summed E-state index contributed by atoms with van der Waals surface area (Å²) in [5.41, 5.74) is 2.46. The molecule has 24 heavy (non-hydrogen) atoms. The molecular formula is C16H29IN4O2S. The van der Waals surface area contributed by atoms with Crippen molar-refractivity contribution >= 4 is 40.0 Å². The molecule has 0 saturated heterocycles. The number of hydrogen-bond donors (Lipinski definition) is 2. The molecule has 2 N–H and O–H groups in total. The van der Waals surface area contributed by atoms with Crippen molar-refractivity contribution in [1.29, 1.82) is 0 Å². The SMILES string of the molecule is CCN(CCCNC(=NC)NCc1ccccc1C)S(C)(=O)=O.I. The molecule has 0 fully saturated rings. The summed E-state index contributed by atoms with van der Waals surface area (Å²) in [6.45, 7) is 6.31. The third-order valence-corrected chi connectivity index (χ3v) is 5.01. The van der Waals surface area contributed by atoms with Gasteiger partial charge < -0.3 is 10.6 Å². The molecule has 0 bridgehead atoms. The molecule has 0 heterocycles. The Labute approximate surface area is 163 Å². The minimum Gasteiger partial charge on any atom is -0.356 e. The van der Waals surface area contributed by atoms with Crippen molar-refractivity contribution in [3.63, 3.8) is 0 Å². The highest BCUT2D eigenvalue weighted by Crippen LogP contribution is 2.05. The van der Waals surface area contributed by atoms with Gasteiger partial charge in [-0.2, -0.15) is 0 Å². The summed E-state index contributed by atoms with van der Waals surface area (Å²) in [5, 5.41) is 6.47. The molecule has 0 atom stereocenters. The zero-order valence-electron chi connectivity index (χ0n) is 14.9. The number of nitrogens with one attached hydrogen (secondary N) is 2. The van der Waals surface area contributed by atoms with Crippen molar-refractivity contribution in [3.8, 4) is 0 Å². The fourth-order valence-electron chi connectivity index (χ4n) is 2.23. The number of nitrogens with zero attached hydrogens (tertiary/aromatic N) is 2. The molecule has 0 amide bonds. The van der Waals surface area contributed by atoms with Gasteiger partial charge in [-0.05, 0) is 24.5 Å². The maximum atomic E-state index is 11.5. The Bertz CT molecular complexity index is 620. The highest BCUT2D eigenvalue weighted by molar-refractivity contribution is 14.0. The number of sulfonamides is 1. The Morgan fingerprint density at radius 3 is 2.46 bits per heavy atom. The van der Waals surface area contributed by atoms with E-state index in [2.05, 4.69) is 34.7 Å². The molecule has 138 valence electrons. The van der Waals surface area contributed by atoms with Crippen LogP contribution in [-0.4, -0.2) is 51.6 Å². The maximum Gasteiger partial charge on any atom is 0.211 e. The summed E-state index contributed by atoms with van der Waals surface area (Å²) >= 11 is 0. The molecule has 1 aromatic carbocycles. The van der Waals surface area contributed by atoms with Crippen LogP contribution in [0.15, 0.2) is 29.3 Å². The molecule has 0 aromatic heterocycles. The molecule has 0 radical (unpaired) electrons. The van der Waals surface area contributed by atoms with Gasteiger partial charge >= 0.3 is 0 Å². The van der Waals surface area contributed by atoms with Crippen LogP contribution in [-0.2, 0) is 16.6 Å². The number of aliphatic imine (C=N–C) groups is 1. The van der Waals surface area contributed by atoms with E-state index in [-0.39, 0.29) is 24.0 Å². The molecule has 0 unspecified atom stereocenters. The summed E-state index contributed by atoms with van der Waals surface area (Å²) < 4.78 is 24.5. The number of rotatable bonds is 8. The summed E-state index contributed by atoms with van der Waals surface area (Å²) in [6.07, 6.45) is 1.97. The molecule has 0 aliphatic rings. The second kappa shape index (κ2) is 11.6. The lowest BCUT2D eigenvalue weighted by Crippen LogP contribution is -2.39. The van der Waals surface area contributed by atoms with Crippen molar-refractivity contribution in [2.24, 2.45) is 4.99 Å². The lowest BCUT2D eigenvalue weighted by atomic mass is 10.1. The average Bonchev–Trinajstić information content (AvgIpc) is 2.50. The van der Waals surface area contributed by atoms with E-state index in [9.17, 15) is 8.42 Å². The van der Waals surface area contributed by atoms with E-state index >= 15 is 0 Å². The lowest BCUT2D eigenvalue weighted by Gasteiger charge is -2.18. The molecule has 0 saturated carbocycles. The van der Waals surface area contributed by atoms with Gasteiger partial charge in [0.05, 0.1) is 6.26 Å². The Morgan fingerprint density at radius 1 is 1.25 bits per heavy atom. The number of benzene rings is 1. The van der Waals surface area contributed by atoms with Crippen molar-refractivity contribution in [3.05, 3.63) is 35.4 Å². The average molecular weight is 468 g/mol. The highest BCUT2D eigenvalue weighted by Gasteiger charge is 2.13. The smallest absolute Gasteiger partial charge is 0.211 e. The standard InChI is InChI=1S/C16H28N4O2S.HI/c1-5-20(23(4,21)22)12-8-11-18-16(17-3)19-13-15-10-7-6-9-14(15)2;/h6-7,9-10H,5,8,11-13H2,1-4H3,(H2,17,18,19);1H. The van der Waals surface area contributed by atoms with Crippen molar-refractivity contribution < 1.29 is 8.42 Å². The quantitative estimate of drug-likeness (QED) is 0.265. The van der Waals surface area contributed by atoms with E-state index < -0.39 is 10.0 Å². The predicted molar refractivity (Wildman–Crippen MR) is 112 cm³/mol. The minimum absolute atomic E-state index is 0. The molecule has 8 heteroatoms. The van der Waals surface area contributed by atoms with Crippen LogP contribution in [0.3, 0.4) is 0 Å². The van der Waals surface area contributed by atoms with Crippen LogP contribution in [0, 0.1) is 6.92 Å². The zero-order valence-corrected chi connectivity index (χ0v) is 18.0. The summed E-state index contributed by atoms with van der Waals surface area (Å²) in [7, 11) is -1.39. The first kappa shape index (κ1) is 23.1. The van der Waals surface area contributed by atoms with E-state index in [0.717, 1.165) is 12.4 Å². The minimum atomic E-state index is -3.11. The van der Waals surface area contributed by atoms with E-state index in [1.807, 2.05) is 19.1 Å². The molecule has 0 aliphatic carbocycles. The van der Waals surface area contributed by atoms with Gasteiger partial charge in [-0.1, -0.05) is 31.2 Å². The lowest BCUT2D eigenvalue weighted by molar-refractivity contribution is 0.424. The molecule has 0 aliphatic heterocycles. The van der Waals surface area contributed by atoms with Gasteiger partial charge in [-0.15, -0.1) is 24.0 Å². The summed E-state index contributed by atoms with van der Waals surface area (Å²) in [4.78, 5) is 4.18. The largest absolute Gasteiger partial charge is 0.356 e. The van der Waals surface area contributed by atoms with Crippen molar-refractivity contribution in [1.82, 2.24) is 14.9 Å². The monoisotopic (exact) mass is 468 g/mol. The molecule has 0 spiro atoms. The van der Waals surface area contributed by atoms with E-state index in [1.54, 1.807) is 7.05 Å². The highest BCUT2D eigenvalue weighted by atomic mass is 127. The Hall–Kier alpha value is -0.870. The van der Waals surface area contributed by atoms with Gasteiger partial charge in [-0.3, -0.25) is 4.99 Å². The first-order chi connectivity index (χ1) is 10.9. The molecule has 1 aromatic rings. The van der Waals surface area contributed by atoms with Gasteiger partial charge in [0.25, 0.3) is 0 Å². The summed E-state index contributed by atoms with van der Waals surface area (Å²) in [5.74, 6) is 0.718. The number of halogens is 1. The van der Waals surface area contributed by atoms with Crippen LogP contribution in [0.1, 0.15) is 24.5 Å². The zero-order chi connectivity index (χ0) is 17.3. The second-order valence-corrected chi connectivity index (χ2v) is 7.37. The molecular weight excluding hydrogens is 439 g/mol. The van der Waals surface area contributed by atoms with Gasteiger partial charge in [0, 0.05) is 33.2 Å². The van der Waals surface area contributed by atoms with Crippen molar-refractivity contribution in [2.75, 3.05) is 32.9 Å². The molecule has 1 rings (SSSR count). The van der Waals surface area contributed by atoms with Crippen LogP contribution in [0.25, 0.3) is 0 Å². The van der Waals surface area contributed by atoms with Gasteiger partial charge in [0.15, 0.2) is 5.96 Å². The van der Waals surface area contributed by atoms with E-state index in [4.69, 9.17) is 0 Å². The van der Waals surface area contributed by atoms with Gasteiger partial charge in [0.1, 0.15) is 0 Å². The first-order valence-corrected chi connectivity index (χ1v) is 9.67. The Morgan fingerprint density at radius 2 is 1.92 bits per heavy atom. The normalized spacial score (nSPS) is 12.0. The third-order valence-electron chi connectivity index (χ3n) is 3.63. The second-order valence-electron chi connectivity index (χ2n) is 5.39. The van der Waals surface area contributed by atoms with Gasteiger partial charge in [0.2, 0.25) is 10.0 Å². The fraction of sp³-hybridized carbons (Fsp3) is 0.562.